The third-order valence-corrected chi connectivity index (χ3v) is 10.0. The molecule has 0 saturated carbocycles. The summed E-state index contributed by atoms with van der Waals surface area (Å²) >= 11 is 13.2. The van der Waals surface area contributed by atoms with E-state index < -0.39 is 0 Å². The number of phenolic OH excluding ortho intramolecular Hbond substituents is 1. The normalized spacial score (nSPS) is 15.8. The lowest BCUT2D eigenvalue weighted by atomic mass is 9.89. The molecule has 0 spiro atoms. The summed E-state index contributed by atoms with van der Waals surface area (Å²) in [5, 5.41) is 16.0. The highest BCUT2D eigenvalue weighted by Crippen LogP contribution is 2.39. The van der Waals surface area contributed by atoms with Crippen LogP contribution in [0.1, 0.15) is 59.4 Å². The van der Waals surface area contributed by atoms with Crippen molar-refractivity contribution < 1.29 is 9.90 Å². The molecule has 1 aliphatic carbocycles. The number of fused-ring (bicyclic) bond motifs is 3. The Morgan fingerprint density at radius 3 is 2.51 bits per heavy atom. The number of aromatic nitrogens is 2. The molecule has 0 atom stereocenters. The van der Waals surface area contributed by atoms with E-state index >= 15 is 0 Å². The second-order valence-corrected chi connectivity index (χ2v) is 13.2. The van der Waals surface area contributed by atoms with Crippen molar-refractivity contribution in [2.45, 2.75) is 51.5 Å². The molecule has 3 aromatic carbocycles. The van der Waals surface area contributed by atoms with E-state index in [1.54, 1.807) is 18.2 Å². The van der Waals surface area contributed by atoms with Crippen LogP contribution in [0.3, 0.4) is 0 Å². The molecule has 0 bridgehead atoms. The average molecular weight is 640 g/mol. The Kier molecular flexibility index (Phi) is 8.63. The standard InChI is InChI=1S/C37H36Cl2N4O2/c38-30-21-31(39)34(24-9-12-26(44)13-10-24)36-27(30)14-11-25(41-36)22-43-19-16-23(17-20-43)15-18-40-37(45)35-28-5-1-3-7-32(28)42-33-8-4-2-6-29(33)35/h1,3,5,7,9-14,21,23,44H,2,4,6,8,15-20,22H2,(H,40,45). The predicted molar refractivity (Wildman–Crippen MR) is 182 cm³/mol. The van der Waals surface area contributed by atoms with Crippen LogP contribution in [0.2, 0.25) is 10.0 Å². The number of phenols is 1. The summed E-state index contributed by atoms with van der Waals surface area (Å²) in [6.07, 6.45) is 7.29. The van der Waals surface area contributed by atoms with Crippen LogP contribution in [0.15, 0.2) is 66.7 Å². The van der Waals surface area contributed by atoms with Gasteiger partial charge in [-0.2, -0.15) is 0 Å². The summed E-state index contributed by atoms with van der Waals surface area (Å²) < 4.78 is 0. The van der Waals surface area contributed by atoms with Crippen molar-refractivity contribution in [3.05, 3.63) is 99.3 Å². The Labute approximate surface area is 273 Å². The highest BCUT2D eigenvalue weighted by molar-refractivity contribution is 6.40. The Bertz CT molecular complexity index is 1880. The van der Waals surface area contributed by atoms with Crippen molar-refractivity contribution in [2.75, 3.05) is 19.6 Å². The van der Waals surface area contributed by atoms with Crippen LogP contribution in [0.4, 0.5) is 0 Å². The van der Waals surface area contributed by atoms with E-state index in [1.165, 1.54) is 0 Å². The number of rotatable bonds is 7. The number of pyridine rings is 2. The molecule has 2 aliphatic rings. The maximum atomic E-state index is 13.5. The summed E-state index contributed by atoms with van der Waals surface area (Å²) in [5.41, 5.74) is 7.44. The van der Waals surface area contributed by atoms with Crippen LogP contribution in [0, 0.1) is 5.92 Å². The van der Waals surface area contributed by atoms with Crippen molar-refractivity contribution in [3.63, 3.8) is 0 Å². The van der Waals surface area contributed by atoms with Gasteiger partial charge in [0.15, 0.2) is 0 Å². The van der Waals surface area contributed by atoms with E-state index in [2.05, 4.69) is 10.2 Å². The van der Waals surface area contributed by atoms with Crippen LogP contribution < -0.4 is 5.32 Å². The Balaban J connectivity index is 0.980. The number of benzene rings is 3. The number of aryl methyl sites for hydroxylation is 1. The van der Waals surface area contributed by atoms with Crippen molar-refractivity contribution in [1.29, 1.82) is 0 Å². The molecule has 45 heavy (non-hydrogen) atoms. The van der Waals surface area contributed by atoms with Crippen LogP contribution in [-0.4, -0.2) is 45.5 Å². The molecule has 0 unspecified atom stereocenters. The summed E-state index contributed by atoms with van der Waals surface area (Å²) in [6, 6.07) is 20.9. The molecule has 1 saturated heterocycles. The Morgan fingerprint density at radius 2 is 1.69 bits per heavy atom. The third kappa shape index (κ3) is 6.24. The summed E-state index contributed by atoms with van der Waals surface area (Å²) in [5.74, 6) is 0.819. The minimum absolute atomic E-state index is 0.0402. The van der Waals surface area contributed by atoms with Gasteiger partial charge in [0.2, 0.25) is 0 Å². The molecule has 1 amide bonds. The number of amides is 1. The van der Waals surface area contributed by atoms with Gasteiger partial charge >= 0.3 is 0 Å². The molecule has 230 valence electrons. The molecule has 6 nitrogen and oxygen atoms in total. The van der Waals surface area contributed by atoms with Gasteiger partial charge in [-0.15, -0.1) is 0 Å². The first kappa shape index (κ1) is 30.0. The minimum Gasteiger partial charge on any atom is -0.508 e. The summed E-state index contributed by atoms with van der Waals surface area (Å²) in [7, 11) is 0. The quantitative estimate of drug-likeness (QED) is 0.187. The average Bonchev–Trinajstić information content (AvgIpc) is 3.05. The van der Waals surface area contributed by atoms with E-state index in [1.807, 2.05) is 48.5 Å². The first-order valence-electron chi connectivity index (χ1n) is 15.9. The number of piperidine rings is 1. The number of halogens is 2. The monoisotopic (exact) mass is 638 g/mol. The van der Waals surface area contributed by atoms with Gasteiger partial charge in [-0.3, -0.25) is 19.7 Å². The second-order valence-electron chi connectivity index (χ2n) is 12.4. The topological polar surface area (TPSA) is 78.4 Å². The number of aromatic hydroxyl groups is 1. The fourth-order valence-corrected chi connectivity index (χ4v) is 7.65. The number of carbonyl (C=O) groups excluding carboxylic acids is 1. The van der Waals surface area contributed by atoms with Gasteiger partial charge in [0.1, 0.15) is 5.75 Å². The molecule has 0 radical (unpaired) electrons. The van der Waals surface area contributed by atoms with Crippen molar-refractivity contribution in [1.82, 2.24) is 20.2 Å². The molecule has 2 N–H and O–H groups in total. The molecular weight excluding hydrogens is 603 g/mol. The van der Waals surface area contributed by atoms with Crippen molar-refractivity contribution in [3.8, 4) is 16.9 Å². The maximum absolute atomic E-state index is 13.5. The number of hydrogen-bond donors (Lipinski definition) is 2. The molecule has 8 heteroatoms. The van der Waals surface area contributed by atoms with Crippen LogP contribution >= 0.6 is 23.2 Å². The van der Waals surface area contributed by atoms with Gasteiger partial charge in [-0.05, 0) is 111 Å². The van der Waals surface area contributed by atoms with E-state index in [4.69, 9.17) is 33.2 Å². The Morgan fingerprint density at radius 1 is 0.911 bits per heavy atom. The van der Waals surface area contributed by atoms with Gasteiger partial charge < -0.3 is 10.4 Å². The SMILES string of the molecule is O=C(NCCC1CCN(Cc2ccc3c(Cl)cc(Cl)c(-c4ccc(O)cc4)c3n2)CC1)c1c2c(nc3ccccc13)CCCC2. The van der Waals surface area contributed by atoms with Crippen LogP contribution in [0.25, 0.3) is 32.9 Å². The zero-order valence-electron chi connectivity index (χ0n) is 25.2. The van der Waals surface area contributed by atoms with Gasteiger partial charge in [-0.1, -0.05) is 53.5 Å². The minimum atomic E-state index is 0.0402. The van der Waals surface area contributed by atoms with Crippen molar-refractivity contribution >= 4 is 50.9 Å². The van der Waals surface area contributed by atoms with Gasteiger partial charge in [0.05, 0.1) is 32.3 Å². The zero-order chi connectivity index (χ0) is 30.9. The van der Waals surface area contributed by atoms with Gasteiger partial charge in [-0.25, -0.2) is 0 Å². The first-order chi connectivity index (χ1) is 21.9. The number of hydrogen-bond acceptors (Lipinski definition) is 5. The first-order valence-corrected chi connectivity index (χ1v) is 16.7. The largest absolute Gasteiger partial charge is 0.508 e. The molecule has 2 aromatic heterocycles. The van der Waals surface area contributed by atoms with E-state index in [9.17, 15) is 9.90 Å². The Hall–Kier alpha value is -3.71. The smallest absolute Gasteiger partial charge is 0.252 e. The zero-order valence-corrected chi connectivity index (χ0v) is 26.7. The number of para-hydroxylation sites is 1. The molecular formula is C37H36Cl2N4O2. The fourth-order valence-electron chi connectivity index (χ4n) is 7.02. The number of nitrogens with one attached hydrogen (secondary N) is 1. The van der Waals surface area contributed by atoms with Crippen LogP contribution in [0.5, 0.6) is 5.75 Å². The van der Waals surface area contributed by atoms with E-state index in [0.29, 0.717) is 22.5 Å². The predicted octanol–water partition coefficient (Wildman–Crippen LogP) is 8.37. The molecule has 7 rings (SSSR count). The molecule has 1 aliphatic heterocycles. The number of carbonyl (C=O) groups is 1. The maximum Gasteiger partial charge on any atom is 0.252 e. The number of nitrogens with zero attached hydrogens (tertiary/aromatic N) is 3. The highest BCUT2D eigenvalue weighted by Gasteiger charge is 2.24. The third-order valence-electron chi connectivity index (χ3n) is 9.42. The summed E-state index contributed by atoms with van der Waals surface area (Å²) in [4.78, 5) is 25.9. The van der Waals surface area contributed by atoms with Crippen LogP contribution in [-0.2, 0) is 19.4 Å². The van der Waals surface area contributed by atoms with Gasteiger partial charge in [0, 0.05) is 35.1 Å². The van der Waals surface area contributed by atoms with E-state index in [-0.39, 0.29) is 11.7 Å². The van der Waals surface area contributed by atoms with E-state index in [0.717, 1.165) is 120 Å². The lowest BCUT2D eigenvalue weighted by Gasteiger charge is -2.32. The summed E-state index contributed by atoms with van der Waals surface area (Å²) in [6.45, 7) is 3.41. The molecule has 3 heterocycles. The lowest BCUT2D eigenvalue weighted by Crippen LogP contribution is -2.35. The highest BCUT2D eigenvalue weighted by atomic mass is 35.5. The lowest BCUT2D eigenvalue weighted by molar-refractivity contribution is 0.0948. The fraction of sp³-hybridized carbons (Fsp3) is 0.324. The number of likely N-dealkylation sites (tertiary alicyclic amines) is 1. The molecule has 1 fully saturated rings. The van der Waals surface area contributed by atoms with Crippen molar-refractivity contribution in [2.24, 2.45) is 5.92 Å². The van der Waals surface area contributed by atoms with Gasteiger partial charge in [0.25, 0.3) is 5.91 Å². The molecule has 5 aromatic rings. The second kappa shape index (κ2) is 13.0.